The molecular weight excluding hydrogens is 423 g/mol. The van der Waals surface area contributed by atoms with Crippen molar-refractivity contribution in [3.8, 4) is 34.1 Å². The molecule has 0 unspecified atom stereocenters. The average Bonchev–Trinajstić information content (AvgIpc) is 2.85. The van der Waals surface area contributed by atoms with Crippen molar-refractivity contribution in [3.05, 3.63) is 70.1 Å². The van der Waals surface area contributed by atoms with Crippen LogP contribution in [0, 0.1) is 18.3 Å². The molecule has 8 heteroatoms. The van der Waals surface area contributed by atoms with Gasteiger partial charge in [-0.25, -0.2) is 9.24 Å². The van der Waals surface area contributed by atoms with Crippen molar-refractivity contribution < 1.29 is 13.9 Å². The molecule has 2 aromatic carbocycles. The molecule has 4 rings (SSSR count). The molecule has 1 aliphatic heterocycles. The van der Waals surface area contributed by atoms with Crippen molar-refractivity contribution in [2.24, 2.45) is 13.0 Å². The van der Waals surface area contributed by atoms with Gasteiger partial charge < -0.3 is 14.8 Å². The third-order valence-electron chi connectivity index (χ3n) is 5.87. The predicted octanol–water partition coefficient (Wildman–Crippen LogP) is 4.19. The number of methoxy groups -OCH3 is 1. The summed E-state index contributed by atoms with van der Waals surface area (Å²) in [5, 5.41) is 3.32. The first-order chi connectivity index (χ1) is 16.0. The molecule has 0 bridgehead atoms. The zero-order valence-corrected chi connectivity index (χ0v) is 18.6. The molecule has 33 heavy (non-hydrogen) atoms. The van der Waals surface area contributed by atoms with E-state index >= 15 is 0 Å². The van der Waals surface area contributed by atoms with E-state index in [9.17, 15) is 9.18 Å². The molecule has 0 radical (unpaired) electrons. The van der Waals surface area contributed by atoms with Crippen molar-refractivity contribution in [3.63, 3.8) is 0 Å². The van der Waals surface area contributed by atoms with Crippen molar-refractivity contribution in [1.82, 2.24) is 14.9 Å². The van der Waals surface area contributed by atoms with Crippen molar-refractivity contribution >= 4 is 5.69 Å². The monoisotopic (exact) mass is 448 g/mol. The van der Waals surface area contributed by atoms with Crippen LogP contribution in [0.5, 0.6) is 11.8 Å². The number of hydrogen-bond acceptors (Lipinski definition) is 5. The fourth-order valence-corrected chi connectivity index (χ4v) is 3.94. The number of nitrogens with one attached hydrogen (secondary N) is 1. The van der Waals surface area contributed by atoms with Gasteiger partial charge in [-0.2, -0.15) is 4.98 Å². The average molecular weight is 448 g/mol. The van der Waals surface area contributed by atoms with Crippen LogP contribution < -0.4 is 20.3 Å². The van der Waals surface area contributed by atoms with E-state index < -0.39 is 5.82 Å². The van der Waals surface area contributed by atoms with Gasteiger partial charge in [0.25, 0.3) is 11.6 Å². The summed E-state index contributed by atoms with van der Waals surface area (Å²) in [6.45, 7) is 9.54. The summed E-state index contributed by atoms with van der Waals surface area (Å²) in [4.78, 5) is 21.6. The summed E-state index contributed by atoms with van der Waals surface area (Å²) < 4.78 is 26.9. The highest BCUT2D eigenvalue weighted by Crippen LogP contribution is 2.32. The third kappa shape index (κ3) is 4.73. The minimum absolute atomic E-state index is 0.0911. The van der Waals surface area contributed by atoms with E-state index in [0.29, 0.717) is 35.0 Å². The number of rotatable bonds is 6. The fourth-order valence-electron chi connectivity index (χ4n) is 3.94. The zero-order valence-electron chi connectivity index (χ0n) is 18.6. The molecule has 3 aromatic rings. The fraction of sp³-hybridized carbons (Fsp3) is 0.320. The maximum atomic E-state index is 14.5. The summed E-state index contributed by atoms with van der Waals surface area (Å²) in [6, 6.07) is 11.4. The van der Waals surface area contributed by atoms with Gasteiger partial charge in [-0.1, -0.05) is 30.3 Å². The van der Waals surface area contributed by atoms with Crippen LogP contribution in [-0.4, -0.2) is 36.4 Å². The molecule has 1 saturated heterocycles. The van der Waals surface area contributed by atoms with E-state index in [2.05, 4.69) is 15.1 Å². The molecule has 0 atom stereocenters. The first-order valence-corrected chi connectivity index (χ1v) is 10.8. The van der Waals surface area contributed by atoms with Gasteiger partial charge in [0.15, 0.2) is 17.3 Å². The van der Waals surface area contributed by atoms with Crippen LogP contribution in [-0.2, 0) is 7.05 Å². The molecule has 7 nitrogen and oxygen atoms in total. The number of aromatic nitrogens is 2. The van der Waals surface area contributed by atoms with Gasteiger partial charge in [-0.05, 0) is 55.1 Å². The molecule has 2 heterocycles. The maximum Gasteiger partial charge on any atom is 0.299 e. The number of ether oxygens (including phenoxy) is 2. The Morgan fingerprint density at radius 2 is 1.88 bits per heavy atom. The van der Waals surface area contributed by atoms with Gasteiger partial charge in [0, 0.05) is 7.05 Å². The Hall–Kier alpha value is -3.70. The second-order valence-corrected chi connectivity index (χ2v) is 7.99. The Morgan fingerprint density at radius 3 is 2.52 bits per heavy atom. The van der Waals surface area contributed by atoms with Gasteiger partial charge >= 0.3 is 0 Å². The van der Waals surface area contributed by atoms with E-state index in [-0.39, 0.29) is 22.9 Å². The predicted molar refractivity (Wildman–Crippen MR) is 124 cm³/mol. The second kappa shape index (κ2) is 9.84. The normalized spacial score (nSPS) is 14.0. The molecule has 170 valence electrons. The van der Waals surface area contributed by atoms with E-state index in [0.717, 1.165) is 25.9 Å². The molecule has 1 N–H and O–H groups in total. The van der Waals surface area contributed by atoms with Crippen LogP contribution in [0.2, 0.25) is 0 Å². The summed E-state index contributed by atoms with van der Waals surface area (Å²) in [7, 11) is 2.99. The first kappa shape index (κ1) is 22.5. The standard InChI is InChI=1S/C25H25FN4O3/c1-27-19-7-4-17(5-8-19)23-22(18-6-9-21(32-3)20(26)14-18)24(31)30(2)25(29-23)33-15-16-10-12-28-13-11-16/h4-9,14,16,28H,10-13,15H2,2-3H3. The van der Waals surface area contributed by atoms with Crippen LogP contribution in [0.3, 0.4) is 0 Å². The minimum atomic E-state index is -0.572. The topological polar surface area (TPSA) is 69.7 Å². The lowest BCUT2D eigenvalue weighted by molar-refractivity contribution is 0.195. The second-order valence-electron chi connectivity index (χ2n) is 7.99. The van der Waals surface area contributed by atoms with E-state index in [1.54, 1.807) is 37.4 Å². The molecule has 0 amide bonds. The Balaban J connectivity index is 1.82. The van der Waals surface area contributed by atoms with Crippen LogP contribution in [0.15, 0.2) is 47.3 Å². The van der Waals surface area contributed by atoms with Gasteiger partial charge in [0.2, 0.25) is 0 Å². The number of nitrogens with zero attached hydrogens (tertiary/aromatic N) is 3. The molecule has 0 spiro atoms. The summed E-state index contributed by atoms with van der Waals surface area (Å²) >= 11 is 0. The van der Waals surface area contributed by atoms with Crippen LogP contribution in [0.4, 0.5) is 10.1 Å². The Bertz CT molecular complexity index is 1240. The Morgan fingerprint density at radius 1 is 1.18 bits per heavy atom. The van der Waals surface area contributed by atoms with Crippen molar-refractivity contribution in [1.29, 1.82) is 0 Å². The van der Waals surface area contributed by atoms with Crippen molar-refractivity contribution in [2.75, 3.05) is 26.8 Å². The molecule has 1 aromatic heterocycles. The third-order valence-corrected chi connectivity index (χ3v) is 5.87. The zero-order chi connectivity index (χ0) is 23.4. The highest BCUT2D eigenvalue weighted by atomic mass is 19.1. The molecule has 0 saturated carbocycles. The Labute approximate surface area is 191 Å². The first-order valence-electron chi connectivity index (χ1n) is 10.8. The summed E-state index contributed by atoms with van der Waals surface area (Å²) in [5.74, 6) is -0.0917. The molecular formula is C25H25FN4O3. The molecule has 1 fully saturated rings. The lowest BCUT2D eigenvalue weighted by Crippen LogP contribution is -2.31. The summed E-state index contributed by atoms with van der Waals surface area (Å²) in [6.07, 6.45) is 2.00. The van der Waals surface area contributed by atoms with E-state index in [1.807, 2.05) is 0 Å². The number of benzene rings is 2. The Kier molecular flexibility index (Phi) is 6.71. The minimum Gasteiger partial charge on any atom is -0.494 e. The molecule has 1 aliphatic rings. The highest BCUT2D eigenvalue weighted by Gasteiger charge is 2.21. The summed E-state index contributed by atoms with van der Waals surface area (Å²) in [5.41, 5.74) is 1.78. The van der Waals surface area contributed by atoms with E-state index in [4.69, 9.17) is 16.0 Å². The lowest BCUT2D eigenvalue weighted by atomic mass is 9.99. The van der Waals surface area contributed by atoms with Crippen LogP contribution >= 0.6 is 0 Å². The highest BCUT2D eigenvalue weighted by molar-refractivity contribution is 5.81. The number of halogens is 1. The van der Waals surface area contributed by atoms with Crippen LogP contribution in [0.1, 0.15) is 12.8 Å². The van der Waals surface area contributed by atoms with Gasteiger partial charge in [0.1, 0.15) is 0 Å². The quantitative estimate of drug-likeness (QED) is 0.573. The van der Waals surface area contributed by atoms with Gasteiger partial charge in [-0.15, -0.1) is 0 Å². The van der Waals surface area contributed by atoms with E-state index in [1.165, 1.54) is 23.8 Å². The SMILES string of the molecule is [C-]#[N+]c1ccc(-c2nc(OCC3CCNCC3)n(C)c(=O)c2-c2ccc(OC)c(F)c2)cc1. The largest absolute Gasteiger partial charge is 0.494 e. The number of piperidine rings is 1. The maximum absolute atomic E-state index is 14.5. The van der Waals surface area contributed by atoms with Gasteiger partial charge in [0.05, 0.1) is 31.5 Å². The lowest BCUT2D eigenvalue weighted by Gasteiger charge is -2.23. The molecule has 0 aliphatic carbocycles. The van der Waals surface area contributed by atoms with Crippen LogP contribution in [0.25, 0.3) is 27.2 Å². The number of hydrogen-bond donors (Lipinski definition) is 1. The van der Waals surface area contributed by atoms with Gasteiger partial charge in [-0.3, -0.25) is 9.36 Å². The van der Waals surface area contributed by atoms with Crippen molar-refractivity contribution in [2.45, 2.75) is 12.8 Å². The smallest absolute Gasteiger partial charge is 0.299 e.